The highest BCUT2D eigenvalue weighted by Crippen LogP contribution is 2.41. The van der Waals surface area contributed by atoms with Gasteiger partial charge in [-0.15, -0.1) is 0 Å². The van der Waals surface area contributed by atoms with E-state index < -0.39 is 0 Å². The molecule has 2 aliphatic carbocycles. The third kappa shape index (κ3) is 2.22. The van der Waals surface area contributed by atoms with Gasteiger partial charge in [0.25, 0.3) is 0 Å². The Hall–Kier alpha value is -0.0400. The van der Waals surface area contributed by atoms with Crippen LogP contribution in [-0.4, -0.2) is 10.7 Å². The van der Waals surface area contributed by atoms with Crippen molar-refractivity contribution in [1.29, 1.82) is 0 Å². The molecule has 0 atom stereocenters. The molecule has 0 heterocycles. The summed E-state index contributed by atoms with van der Waals surface area (Å²) < 4.78 is 0. The first-order valence-electron chi connectivity index (χ1n) is 5.51. The monoisotopic (exact) mass is 168 g/mol. The lowest BCUT2D eigenvalue weighted by molar-refractivity contribution is 0.126. The third-order valence-electron chi connectivity index (χ3n) is 3.57. The lowest BCUT2D eigenvalue weighted by atomic mass is 9.85. The van der Waals surface area contributed by atoms with Crippen LogP contribution in [0.4, 0.5) is 0 Å². The van der Waals surface area contributed by atoms with Gasteiger partial charge >= 0.3 is 0 Å². The molecule has 70 valence electrons. The first kappa shape index (κ1) is 8.55. The Bertz CT molecular complexity index is 143. The summed E-state index contributed by atoms with van der Waals surface area (Å²) in [4.78, 5) is 0. The normalized spacial score (nSPS) is 28.8. The van der Waals surface area contributed by atoms with Crippen molar-refractivity contribution < 1.29 is 5.11 Å². The lowest BCUT2D eigenvalue weighted by Crippen LogP contribution is -2.12. The molecule has 0 spiro atoms. The second-order valence-corrected chi connectivity index (χ2v) is 4.77. The number of aliphatic hydroxyl groups is 1. The van der Waals surface area contributed by atoms with Crippen molar-refractivity contribution in [3.63, 3.8) is 0 Å². The predicted molar refractivity (Wildman–Crippen MR) is 50.0 cm³/mol. The molecule has 0 bridgehead atoms. The van der Waals surface area contributed by atoms with Crippen LogP contribution in [0, 0.1) is 5.92 Å². The van der Waals surface area contributed by atoms with Gasteiger partial charge in [0.05, 0.1) is 5.60 Å². The van der Waals surface area contributed by atoms with Crippen molar-refractivity contribution in [1.82, 2.24) is 0 Å². The van der Waals surface area contributed by atoms with E-state index in [2.05, 4.69) is 0 Å². The zero-order valence-corrected chi connectivity index (χ0v) is 7.89. The Morgan fingerprint density at radius 1 is 1.08 bits per heavy atom. The van der Waals surface area contributed by atoms with Crippen LogP contribution in [0.15, 0.2) is 0 Å². The second-order valence-electron chi connectivity index (χ2n) is 4.77. The largest absolute Gasteiger partial charge is 0.390 e. The van der Waals surface area contributed by atoms with E-state index in [-0.39, 0.29) is 5.60 Å². The number of hydrogen-bond donors (Lipinski definition) is 1. The number of rotatable bonds is 3. The molecule has 2 aliphatic rings. The fourth-order valence-corrected chi connectivity index (χ4v) is 2.34. The van der Waals surface area contributed by atoms with Crippen LogP contribution in [0.1, 0.15) is 57.8 Å². The van der Waals surface area contributed by atoms with E-state index in [9.17, 15) is 5.11 Å². The van der Waals surface area contributed by atoms with Gasteiger partial charge in [-0.05, 0) is 31.6 Å². The van der Waals surface area contributed by atoms with Crippen LogP contribution < -0.4 is 0 Å². The van der Waals surface area contributed by atoms with Crippen LogP contribution in [0.2, 0.25) is 0 Å². The van der Waals surface area contributed by atoms with Crippen LogP contribution in [0.25, 0.3) is 0 Å². The van der Waals surface area contributed by atoms with Gasteiger partial charge in [0.1, 0.15) is 0 Å². The van der Waals surface area contributed by atoms with E-state index in [1.54, 1.807) is 0 Å². The average Bonchev–Trinajstić information content (AvgIpc) is 2.84. The first-order chi connectivity index (χ1) is 5.79. The highest BCUT2D eigenvalue weighted by molar-refractivity contribution is 4.93. The Balaban J connectivity index is 1.65. The molecular weight excluding hydrogens is 148 g/mol. The molecular formula is C11H20O. The minimum Gasteiger partial charge on any atom is -0.390 e. The standard InChI is InChI=1S/C11H20O/c12-11(8-9-11)7-6-10-4-2-1-3-5-10/h10,12H,1-9H2. The molecule has 0 saturated heterocycles. The van der Waals surface area contributed by atoms with E-state index >= 15 is 0 Å². The van der Waals surface area contributed by atoms with Crippen molar-refractivity contribution >= 4 is 0 Å². The smallest absolute Gasteiger partial charge is 0.0650 e. The van der Waals surface area contributed by atoms with Gasteiger partial charge in [0.15, 0.2) is 0 Å². The van der Waals surface area contributed by atoms with Gasteiger partial charge in [-0.3, -0.25) is 0 Å². The maximum Gasteiger partial charge on any atom is 0.0650 e. The molecule has 2 saturated carbocycles. The van der Waals surface area contributed by atoms with Crippen LogP contribution >= 0.6 is 0 Å². The summed E-state index contributed by atoms with van der Waals surface area (Å²) in [5, 5.41) is 9.66. The van der Waals surface area contributed by atoms with Crippen molar-refractivity contribution in [2.45, 2.75) is 63.4 Å². The molecule has 12 heavy (non-hydrogen) atoms. The summed E-state index contributed by atoms with van der Waals surface area (Å²) in [6, 6.07) is 0. The summed E-state index contributed by atoms with van der Waals surface area (Å²) in [7, 11) is 0. The molecule has 2 fully saturated rings. The molecule has 0 radical (unpaired) electrons. The van der Waals surface area contributed by atoms with Gasteiger partial charge in [-0.2, -0.15) is 0 Å². The Morgan fingerprint density at radius 2 is 1.75 bits per heavy atom. The van der Waals surface area contributed by atoms with Gasteiger partial charge in [-0.25, -0.2) is 0 Å². The van der Waals surface area contributed by atoms with Crippen LogP contribution in [-0.2, 0) is 0 Å². The molecule has 2 rings (SSSR count). The first-order valence-corrected chi connectivity index (χ1v) is 5.51. The Labute approximate surface area is 75.2 Å². The SMILES string of the molecule is OC1(CCC2CCCCC2)CC1. The zero-order valence-electron chi connectivity index (χ0n) is 7.89. The van der Waals surface area contributed by atoms with Crippen molar-refractivity contribution in [3.8, 4) is 0 Å². The third-order valence-corrected chi connectivity index (χ3v) is 3.57. The van der Waals surface area contributed by atoms with Crippen molar-refractivity contribution in [2.24, 2.45) is 5.92 Å². The van der Waals surface area contributed by atoms with E-state index in [1.165, 1.54) is 38.5 Å². The van der Waals surface area contributed by atoms with Gasteiger partial charge in [0, 0.05) is 0 Å². The van der Waals surface area contributed by atoms with E-state index in [0.717, 1.165) is 25.2 Å². The van der Waals surface area contributed by atoms with Crippen molar-refractivity contribution in [3.05, 3.63) is 0 Å². The summed E-state index contributed by atoms with van der Waals surface area (Å²) in [5.74, 6) is 0.948. The second kappa shape index (κ2) is 3.37. The molecule has 0 unspecified atom stereocenters. The summed E-state index contributed by atoms with van der Waals surface area (Å²) in [6.07, 6.45) is 11.7. The molecule has 0 aromatic carbocycles. The predicted octanol–water partition coefficient (Wildman–Crippen LogP) is 2.87. The number of hydrogen-bond acceptors (Lipinski definition) is 1. The average molecular weight is 168 g/mol. The maximum absolute atomic E-state index is 9.66. The molecule has 0 aliphatic heterocycles. The topological polar surface area (TPSA) is 20.2 Å². The minimum atomic E-state index is -0.197. The van der Waals surface area contributed by atoms with Gasteiger partial charge in [-0.1, -0.05) is 32.1 Å². The highest BCUT2D eigenvalue weighted by atomic mass is 16.3. The Kier molecular flexibility index (Phi) is 2.40. The molecule has 0 amide bonds. The van der Waals surface area contributed by atoms with E-state index in [4.69, 9.17) is 0 Å². The highest BCUT2D eigenvalue weighted by Gasteiger charge is 2.39. The fourth-order valence-electron chi connectivity index (χ4n) is 2.34. The zero-order chi connectivity index (χ0) is 8.44. The molecule has 0 aromatic rings. The van der Waals surface area contributed by atoms with E-state index in [1.807, 2.05) is 0 Å². The molecule has 1 heteroatoms. The molecule has 0 aromatic heterocycles. The fraction of sp³-hybridized carbons (Fsp3) is 1.00. The Morgan fingerprint density at radius 3 is 2.33 bits per heavy atom. The quantitative estimate of drug-likeness (QED) is 0.687. The van der Waals surface area contributed by atoms with Crippen molar-refractivity contribution in [2.75, 3.05) is 0 Å². The van der Waals surface area contributed by atoms with Crippen LogP contribution in [0.5, 0.6) is 0 Å². The summed E-state index contributed by atoms with van der Waals surface area (Å²) >= 11 is 0. The van der Waals surface area contributed by atoms with Gasteiger partial charge in [0.2, 0.25) is 0 Å². The van der Waals surface area contributed by atoms with E-state index in [0.29, 0.717) is 0 Å². The van der Waals surface area contributed by atoms with Crippen LogP contribution in [0.3, 0.4) is 0 Å². The lowest BCUT2D eigenvalue weighted by Gasteiger charge is -2.22. The maximum atomic E-state index is 9.66. The summed E-state index contributed by atoms with van der Waals surface area (Å²) in [5.41, 5.74) is -0.197. The van der Waals surface area contributed by atoms with Gasteiger partial charge < -0.3 is 5.11 Å². The molecule has 1 N–H and O–H groups in total. The molecule has 1 nitrogen and oxygen atoms in total. The minimum absolute atomic E-state index is 0.197. The summed E-state index contributed by atoms with van der Waals surface area (Å²) in [6.45, 7) is 0.